The van der Waals surface area contributed by atoms with E-state index in [1.54, 1.807) is 36.8 Å². The summed E-state index contributed by atoms with van der Waals surface area (Å²) in [6.07, 6.45) is 5.42. The van der Waals surface area contributed by atoms with Gasteiger partial charge < -0.3 is 9.88 Å². The Labute approximate surface area is 209 Å². The Bertz CT molecular complexity index is 1700. The number of H-pyrrole nitrogens is 2. The number of nitrogens with one attached hydrogen (secondary N) is 2. The molecule has 0 radical (unpaired) electrons. The van der Waals surface area contributed by atoms with Crippen molar-refractivity contribution >= 4 is 17.2 Å². The molecule has 1 amide bonds. The largest absolute Gasteiger partial charge is 0.325 e. The van der Waals surface area contributed by atoms with Crippen LogP contribution in [-0.4, -0.2) is 42.9 Å². The van der Waals surface area contributed by atoms with Crippen molar-refractivity contribution in [3.8, 4) is 11.3 Å². The van der Waals surface area contributed by atoms with Crippen molar-refractivity contribution in [1.29, 1.82) is 0 Å². The second-order valence-corrected chi connectivity index (χ2v) is 10.5. The minimum Gasteiger partial charge on any atom is -0.313 e. The van der Waals surface area contributed by atoms with Gasteiger partial charge in [0.15, 0.2) is 5.65 Å². The van der Waals surface area contributed by atoms with Crippen molar-refractivity contribution in [3.63, 3.8) is 0 Å². The lowest BCUT2D eigenvalue weighted by Gasteiger charge is -2.23. The number of imidazole rings is 1. The molecule has 0 saturated heterocycles. The SMILES string of the molecule is CC(F)(F)CN1C(=O)C(C)(C)c2ccc([C@H]3C[C@@H]3c3cc(-c4c[nH]c(=O)[nH]c4=O)nn4ccnc34)cc21. The molecule has 3 aromatic heterocycles. The molecule has 1 aromatic carbocycles. The zero-order chi connectivity index (χ0) is 26.3. The van der Waals surface area contributed by atoms with Crippen LogP contribution in [0.2, 0.25) is 0 Å². The maximum atomic E-state index is 13.9. The number of nitrogens with zero attached hydrogens (tertiary/aromatic N) is 4. The number of carbonyl (C=O) groups excluding carboxylic acids is 1. The Kier molecular flexibility index (Phi) is 4.82. The molecule has 1 saturated carbocycles. The third kappa shape index (κ3) is 3.76. The minimum absolute atomic E-state index is 0.0534. The van der Waals surface area contributed by atoms with Gasteiger partial charge in [-0.05, 0) is 55.4 Å². The first kappa shape index (κ1) is 23.3. The molecule has 6 rings (SSSR count). The normalized spacial score (nSPS) is 20.5. The first-order valence-electron chi connectivity index (χ1n) is 11.9. The Morgan fingerprint density at radius 3 is 2.68 bits per heavy atom. The van der Waals surface area contributed by atoms with Crippen molar-refractivity contribution < 1.29 is 13.6 Å². The molecule has 190 valence electrons. The number of anilines is 1. The zero-order valence-electron chi connectivity index (χ0n) is 20.4. The summed E-state index contributed by atoms with van der Waals surface area (Å²) in [6, 6.07) is 7.49. The molecule has 9 nitrogen and oxygen atoms in total. The number of hydrogen-bond acceptors (Lipinski definition) is 5. The molecule has 1 aliphatic heterocycles. The highest BCUT2D eigenvalue weighted by Gasteiger charge is 2.48. The van der Waals surface area contributed by atoms with Crippen molar-refractivity contribution in [3.05, 3.63) is 80.4 Å². The lowest BCUT2D eigenvalue weighted by Crippen LogP contribution is -2.42. The molecular weight excluding hydrogens is 482 g/mol. The van der Waals surface area contributed by atoms with Gasteiger partial charge in [-0.3, -0.25) is 14.6 Å². The molecule has 11 heteroatoms. The summed E-state index contributed by atoms with van der Waals surface area (Å²) in [4.78, 5) is 47.2. The summed E-state index contributed by atoms with van der Waals surface area (Å²) in [5.74, 6) is -3.22. The maximum absolute atomic E-state index is 13.9. The second-order valence-electron chi connectivity index (χ2n) is 10.5. The van der Waals surface area contributed by atoms with Gasteiger partial charge in [0, 0.05) is 36.8 Å². The average molecular weight is 507 g/mol. The molecule has 37 heavy (non-hydrogen) atoms. The quantitative estimate of drug-likeness (QED) is 0.431. The first-order valence-corrected chi connectivity index (χ1v) is 11.9. The molecule has 2 N–H and O–H groups in total. The number of rotatable bonds is 5. The fraction of sp³-hybridized carbons (Fsp3) is 0.346. The molecule has 0 bridgehead atoms. The third-order valence-corrected chi connectivity index (χ3v) is 7.30. The molecule has 4 aromatic rings. The number of alkyl halides is 2. The minimum atomic E-state index is -3.02. The van der Waals surface area contributed by atoms with Gasteiger partial charge in [-0.25, -0.2) is 23.1 Å². The zero-order valence-corrected chi connectivity index (χ0v) is 20.4. The fourth-order valence-corrected chi connectivity index (χ4v) is 5.38. The Balaban J connectivity index is 1.39. The smallest absolute Gasteiger partial charge is 0.313 e. The molecule has 0 spiro atoms. The predicted octanol–water partition coefficient (Wildman–Crippen LogP) is 3.32. The summed E-state index contributed by atoms with van der Waals surface area (Å²) < 4.78 is 29.5. The van der Waals surface area contributed by atoms with E-state index in [4.69, 9.17) is 0 Å². The van der Waals surface area contributed by atoms with E-state index >= 15 is 0 Å². The van der Waals surface area contributed by atoms with Crippen molar-refractivity contribution in [1.82, 2.24) is 24.6 Å². The highest BCUT2D eigenvalue weighted by atomic mass is 19.3. The number of carbonyl (C=O) groups is 1. The number of fused-ring (bicyclic) bond motifs is 2. The van der Waals surface area contributed by atoms with Gasteiger partial charge in [0.05, 0.1) is 23.2 Å². The van der Waals surface area contributed by atoms with E-state index in [9.17, 15) is 23.2 Å². The number of hydrogen-bond donors (Lipinski definition) is 2. The van der Waals surface area contributed by atoms with Crippen LogP contribution >= 0.6 is 0 Å². The highest BCUT2D eigenvalue weighted by Crippen LogP contribution is 2.57. The van der Waals surface area contributed by atoms with Crippen LogP contribution in [0, 0.1) is 0 Å². The van der Waals surface area contributed by atoms with Gasteiger partial charge in [-0.2, -0.15) is 5.10 Å². The van der Waals surface area contributed by atoms with E-state index in [2.05, 4.69) is 20.1 Å². The van der Waals surface area contributed by atoms with Gasteiger partial charge in [-0.1, -0.05) is 12.1 Å². The third-order valence-electron chi connectivity index (χ3n) is 7.30. The van der Waals surface area contributed by atoms with E-state index in [-0.39, 0.29) is 23.3 Å². The van der Waals surface area contributed by atoms with Gasteiger partial charge in [0.25, 0.3) is 11.5 Å². The molecular formula is C26H24F2N6O3. The fourth-order valence-electron chi connectivity index (χ4n) is 5.38. The number of aromatic nitrogens is 5. The lowest BCUT2D eigenvalue weighted by molar-refractivity contribution is -0.123. The summed E-state index contributed by atoms with van der Waals surface area (Å²) in [5, 5.41) is 4.48. The van der Waals surface area contributed by atoms with Gasteiger partial charge in [0.2, 0.25) is 5.91 Å². The van der Waals surface area contributed by atoms with E-state index < -0.39 is 29.1 Å². The summed E-state index contributed by atoms with van der Waals surface area (Å²) >= 11 is 0. The van der Waals surface area contributed by atoms with Crippen LogP contribution in [0.5, 0.6) is 0 Å². The molecule has 0 unspecified atom stereocenters. The summed E-state index contributed by atoms with van der Waals surface area (Å²) in [6.45, 7) is 3.66. The first-order chi connectivity index (χ1) is 17.4. The topological polar surface area (TPSA) is 116 Å². The van der Waals surface area contributed by atoms with Gasteiger partial charge in [-0.15, -0.1) is 0 Å². The van der Waals surface area contributed by atoms with Crippen LogP contribution in [-0.2, 0) is 10.2 Å². The Morgan fingerprint density at radius 2 is 1.95 bits per heavy atom. The van der Waals surface area contributed by atoms with E-state index in [0.29, 0.717) is 17.0 Å². The monoisotopic (exact) mass is 506 g/mol. The Hall–Kier alpha value is -4.15. The number of aromatic amines is 2. The maximum Gasteiger partial charge on any atom is 0.325 e. The van der Waals surface area contributed by atoms with Crippen molar-refractivity contribution in [2.75, 3.05) is 11.4 Å². The van der Waals surface area contributed by atoms with Crippen LogP contribution in [0.25, 0.3) is 16.9 Å². The molecule has 4 heterocycles. The van der Waals surface area contributed by atoms with Crippen LogP contribution in [0.3, 0.4) is 0 Å². The molecule has 1 aliphatic carbocycles. The van der Waals surface area contributed by atoms with Crippen LogP contribution in [0.15, 0.2) is 52.4 Å². The predicted molar refractivity (Wildman–Crippen MR) is 132 cm³/mol. The average Bonchev–Trinajstić information content (AvgIpc) is 3.44. The number of benzene rings is 1. The standard InChI is InChI=1S/C26H24F2N6O3/c1-25(2)18-5-4-13(8-20(18)33(23(25)36)12-26(3,27)28)14-9-15(14)16-10-19(32-34-7-6-29-21(16)34)17-11-30-24(37)31-22(17)35/h4-8,10-11,14-15H,9,12H2,1-3H3,(H2,30,31,35,37)/t14-,15+/m1/s1. The molecule has 2 atom stereocenters. The Morgan fingerprint density at radius 1 is 1.16 bits per heavy atom. The van der Waals surface area contributed by atoms with Crippen molar-refractivity contribution in [2.24, 2.45) is 0 Å². The van der Waals surface area contributed by atoms with E-state index in [1.807, 2.05) is 18.2 Å². The van der Waals surface area contributed by atoms with Crippen LogP contribution in [0.1, 0.15) is 55.7 Å². The van der Waals surface area contributed by atoms with Crippen LogP contribution < -0.4 is 16.1 Å². The summed E-state index contributed by atoms with van der Waals surface area (Å²) in [5.41, 5.74) is 2.34. The van der Waals surface area contributed by atoms with Gasteiger partial charge in [0.1, 0.15) is 0 Å². The van der Waals surface area contributed by atoms with E-state index in [0.717, 1.165) is 30.0 Å². The second kappa shape index (κ2) is 7.67. The molecule has 1 fully saturated rings. The lowest BCUT2D eigenvalue weighted by atomic mass is 9.85. The highest BCUT2D eigenvalue weighted by molar-refractivity contribution is 6.07. The van der Waals surface area contributed by atoms with Crippen molar-refractivity contribution in [2.45, 2.75) is 50.4 Å². The molecule has 2 aliphatic rings. The van der Waals surface area contributed by atoms with Crippen LogP contribution in [0.4, 0.5) is 14.5 Å². The van der Waals surface area contributed by atoms with E-state index in [1.165, 1.54) is 11.1 Å². The number of amides is 1. The van der Waals surface area contributed by atoms with Gasteiger partial charge >= 0.3 is 5.69 Å². The summed E-state index contributed by atoms with van der Waals surface area (Å²) in [7, 11) is 0. The number of halogens is 2.